The molecule has 41 heavy (non-hydrogen) atoms. The van der Waals surface area contributed by atoms with E-state index in [-0.39, 0.29) is 28.8 Å². The molecular weight excluding hydrogens is 511 g/mol. The van der Waals surface area contributed by atoms with Gasteiger partial charge in [-0.3, -0.25) is 4.79 Å². The number of likely N-dealkylation sites (tertiary alicyclic amines) is 1. The molecule has 0 bridgehead atoms. The number of hydrogen-bond acceptors (Lipinski definition) is 3. The molecule has 4 aromatic rings. The zero-order valence-corrected chi connectivity index (χ0v) is 24.6. The highest BCUT2D eigenvalue weighted by Gasteiger charge is 2.39. The van der Waals surface area contributed by atoms with Gasteiger partial charge in [0.05, 0.1) is 22.6 Å². The minimum absolute atomic E-state index is 0.0297. The van der Waals surface area contributed by atoms with Crippen molar-refractivity contribution in [3.05, 3.63) is 94.6 Å². The summed E-state index contributed by atoms with van der Waals surface area (Å²) in [5.41, 5.74) is 6.19. The summed E-state index contributed by atoms with van der Waals surface area (Å²) in [6.07, 6.45) is 6.69. The van der Waals surface area contributed by atoms with Crippen LogP contribution in [0.5, 0.6) is 0 Å². The third kappa shape index (κ3) is 5.49. The van der Waals surface area contributed by atoms with Gasteiger partial charge in [-0.1, -0.05) is 63.9 Å². The summed E-state index contributed by atoms with van der Waals surface area (Å²) < 4.78 is 15.1. The van der Waals surface area contributed by atoms with Gasteiger partial charge >= 0.3 is 0 Å². The van der Waals surface area contributed by atoms with Crippen molar-refractivity contribution in [2.75, 3.05) is 11.9 Å². The lowest BCUT2D eigenvalue weighted by molar-refractivity contribution is 0.0561. The number of fused-ring (bicyclic) bond motifs is 1. The van der Waals surface area contributed by atoms with E-state index >= 15 is 4.39 Å². The Morgan fingerprint density at radius 3 is 2.46 bits per heavy atom. The highest BCUT2D eigenvalue weighted by atomic mass is 19.1. The number of carbonyl (C=O) groups is 1. The first-order valence-corrected chi connectivity index (χ1v) is 15.1. The van der Waals surface area contributed by atoms with E-state index in [4.69, 9.17) is 4.98 Å². The molecule has 1 saturated heterocycles. The molecule has 1 saturated carbocycles. The second-order valence-electron chi connectivity index (χ2n) is 13.0. The first kappa shape index (κ1) is 27.5. The van der Waals surface area contributed by atoms with Crippen LogP contribution in [0.3, 0.4) is 0 Å². The molecular formula is C35H41FN4O. The molecule has 2 aliphatic rings. The summed E-state index contributed by atoms with van der Waals surface area (Å²) in [6, 6.07) is 20.1. The van der Waals surface area contributed by atoms with Crippen molar-refractivity contribution in [3.63, 3.8) is 0 Å². The molecule has 214 valence electrons. The van der Waals surface area contributed by atoms with Crippen molar-refractivity contribution in [1.29, 1.82) is 0 Å². The number of piperidine rings is 1. The van der Waals surface area contributed by atoms with Gasteiger partial charge in [-0.25, -0.2) is 9.37 Å². The predicted octanol–water partition coefficient (Wildman–Crippen LogP) is 8.42. The highest BCUT2D eigenvalue weighted by Crippen LogP contribution is 2.43. The van der Waals surface area contributed by atoms with Gasteiger partial charge in [-0.05, 0) is 85.0 Å². The minimum Gasteiger partial charge on any atom is -0.382 e. The molecule has 6 heteroatoms. The van der Waals surface area contributed by atoms with Crippen molar-refractivity contribution in [1.82, 2.24) is 14.9 Å². The molecule has 3 aromatic carbocycles. The topological polar surface area (TPSA) is 61.0 Å². The lowest BCUT2D eigenvalue weighted by atomic mass is 9.83. The normalized spacial score (nSPS) is 20.1. The van der Waals surface area contributed by atoms with Gasteiger partial charge in [-0.15, -0.1) is 0 Å². The number of aryl methyl sites for hydroxylation is 1. The largest absolute Gasteiger partial charge is 0.382 e. The van der Waals surface area contributed by atoms with Crippen LogP contribution < -0.4 is 5.32 Å². The van der Waals surface area contributed by atoms with Gasteiger partial charge < -0.3 is 15.2 Å². The minimum atomic E-state index is -0.467. The number of aromatic amines is 1. The van der Waals surface area contributed by atoms with Crippen LogP contribution in [0, 0.1) is 12.7 Å². The van der Waals surface area contributed by atoms with E-state index in [1.54, 1.807) is 6.07 Å². The molecule has 2 N–H and O–H groups in total. The maximum atomic E-state index is 15.1. The number of anilines is 1. The van der Waals surface area contributed by atoms with E-state index in [0.29, 0.717) is 18.2 Å². The first-order valence-electron chi connectivity index (χ1n) is 15.1. The van der Waals surface area contributed by atoms with Crippen LogP contribution >= 0.6 is 0 Å². The van der Waals surface area contributed by atoms with E-state index in [1.807, 2.05) is 17.9 Å². The number of aromatic nitrogens is 2. The van der Waals surface area contributed by atoms with Crippen LogP contribution in [0.25, 0.3) is 11.0 Å². The van der Waals surface area contributed by atoms with Crippen molar-refractivity contribution in [2.24, 2.45) is 0 Å². The monoisotopic (exact) mass is 552 g/mol. The molecule has 0 radical (unpaired) electrons. The average molecular weight is 553 g/mol. The summed E-state index contributed by atoms with van der Waals surface area (Å²) >= 11 is 0. The zero-order valence-electron chi connectivity index (χ0n) is 24.6. The summed E-state index contributed by atoms with van der Waals surface area (Å²) in [6.45, 7) is 9.01. The van der Waals surface area contributed by atoms with Gasteiger partial charge in [0.2, 0.25) is 0 Å². The number of H-pyrrole nitrogens is 1. The second-order valence-corrected chi connectivity index (χ2v) is 13.0. The zero-order chi connectivity index (χ0) is 28.7. The standard InChI is InChI=1S/C35H41FN4O/c1-22-9-7-13-28(36)31(22)34(41)40-20-8-12-27(33-38-29-19-16-24(35(2,3)4)21-30(29)39-33)32(40)23-14-17-26(18-15-23)37-25-10-5-6-11-25/h7,9,13-19,21,25,27,32,37H,5-6,8,10-12,20H2,1-4H3,(H,38,39)/t27-,32-/m0/s1. The van der Waals surface area contributed by atoms with Crippen molar-refractivity contribution < 1.29 is 9.18 Å². The molecule has 0 unspecified atom stereocenters. The molecule has 0 spiro atoms. The number of benzene rings is 3. The molecule has 1 aliphatic carbocycles. The van der Waals surface area contributed by atoms with Crippen LogP contribution in [0.15, 0.2) is 60.7 Å². The number of hydrogen-bond donors (Lipinski definition) is 2. The third-order valence-corrected chi connectivity index (χ3v) is 9.02. The van der Waals surface area contributed by atoms with Crippen LogP contribution in [-0.4, -0.2) is 33.4 Å². The van der Waals surface area contributed by atoms with Gasteiger partial charge in [0.1, 0.15) is 11.6 Å². The number of nitrogens with zero attached hydrogens (tertiary/aromatic N) is 2. The summed E-state index contributed by atoms with van der Waals surface area (Å²) in [5, 5.41) is 3.68. The number of carbonyl (C=O) groups excluding carboxylic acids is 1. The fraction of sp³-hybridized carbons (Fsp3) is 0.429. The van der Waals surface area contributed by atoms with E-state index in [1.165, 1.54) is 37.3 Å². The Bertz CT molecular complexity index is 1520. The summed E-state index contributed by atoms with van der Waals surface area (Å²) in [4.78, 5) is 24.6. The Hall–Kier alpha value is -3.67. The van der Waals surface area contributed by atoms with Gasteiger partial charge in [0.25, 0.3) is 5.91 Å². The lowest BCUT2D eigenvalue weighted by Crippen LogP contribution is -2.42. The SMILES string of the molecule is Cc1cccc(F)c1C(=O)N1CCC[C@H](c2nc3ccc(C(C)(C)C)cc3[nH]2)[C@@H]1c1ccc(NC2CCCC2)cc1. The van der Waals surface area contributed by atoms with Crippen LogP contribution in [-0.2, 0) is 5.41 Å². The van der Waals surface area contributed by atoms with Crippen LogP contribution in [0.1, 0.15) is 104 Å². The van der Waals surface area contributed by atoms with E-state index in [0.717, 1.165) is 41.0 Å². The highest BCUT2D eigenvalue weighted by molar-refractivity contribution is 5.96. The Morgan fingerprint density at radius 1 is 1.00 bits per heavy atom. The van der Waals surface area contributed by atoms with Crippen molar-refractivity contribution in [2.45, 2.75) is 89.6 Å². The molecule has 1 aromatic heterocycles. The fourth-order valence-electron chi connectivity index (χ4n) is 6.72. The fourth-order valence-corrected chi connectivity index (χ4v) is 6.72. The van der Waals surface area contributed by atoms with E-state index < -0.39 is 5.82 Å². The Balaban J connectivity index is 1.40. The quantitative estimate of drug-likeness (QED) is 0.261. The van der Waals surface area contributed by atoms with Crippen LogP contribution in [0.4, 0.5) is 10.1 Å². The van der Waals surface area contributed by atoms with E-state index in [9.17, 15) is 4.79 Å². The van der Waals surface area contributed by atoms with Crippen molar-refractivity contribution in [3.8, 4) is 0 Å². The molecule has 2 heterocycles. The number of imidazole rings is 1. The molecule has 2 atom stereocenters. The summed E-state index contributed by atoms with van der Waals surface area (Å²) in [7, 11) is 0. The molecule has 2 fully saturated rings. The lowest BCUT2D eigenvalue weighted by Gasteiger charge is -2.41. The second kappa shape index (κ2) is 11.0. The van der Waals surface area contributed by atoms with Crippen molar-refractivity contribution >= 4 is 22.6 Å². The molecule has 6 rings (SSSR count). The Kier molecular flexibility index (Phi) is 7.35. The first-order chi connectivity index (χ1) is 19.7. The maximum absolute atomic E-state index is 15.1. The summed E-state index contributed by atoms with van der Waals surface area (Å²) in [5.74, 6) is 0.117. The van der Waals surface area contributed by atoms with Gasteiger partial charge in [0.15, 0.2) is 0 Å². The number of amides is 1. The van der Waals surface area contributed by atoms with Gasteiger partial charge in [-0.2, -0.15) is 0 Å². The molecule has 1 amide bonds. The number of halogens is 1. The van der Waals surface area contributed by atoms with Crippen LogP contribution in [0.2, 0.25) is 0 Å². The predicted molar refractivity (Wildman–Crippen MR) is 164 cm³/mol. The number of rotatable bonds is 5. The third-order valence-electron chi connectivity index (χ3n) is 9.02. The Labute approximate surface area is 242 Å². The maximum Gasteiger partial charge on any atom is 0.257 e. The number of nitrogens with one attached hydrogen (secondary N) is 2. The molecule has 5 nitrogen and oxygen atoms in total. The Morgan fingerprint density at radius 2 is 1.76 bits per heavy atom. The van der Waals surface area contributed by atoms with E-state index in [2.05, 4.69) is 73.5 Å². The van der Waals surface area contributed by atoms with Gasteiger partial charge in [0, 0.05) is 24.2 Å². The average Bonchev–Trinajstić information content (AvgIpc) is 3.62. The smallest absolute Gasteiger partial charge is 0.257 e. The molecule has 1 aliphatic heterocycles.